The van der Waals surface area contributed by atoms with Crippen LogP contribution in [-0.4, -0.2) is 23.4 Å². The van der Waals surface area contributed by atoms with Gasteiger partial charge in [-0.05, 0) is 24.3 Å². The van der Waals surface area contributed by atoms with Crippen LogP contribution in [-0.2, 0) is 4.74 Å². The molecule has 0 unspecified atom stereocenters. The molecule has 2 fully saturated rings. The van der Waals surface area contributed by atoms with Gasteiger partial charge in [-0.1, -0.05) is 48.1 Å². The van der Waals surface area contributed by atoms with Gasteiger partial charge in [0, 0.05) is 11.8 Å². The van der Waals surface area contributed by atoms with Gasteiger partial charge >= 0.3 is 0 Å². The molecule has 0 aromatic heterocycles. The van der Waals surface area contributed by atoms with Crippen LogP contribution in [0, 0.1) is 17.8 Å². The number of aliphatic hydroxyl groups is 1. The molecule has 1 N–H and O–H groups in total. The van der Waals surface area contributed by atoms with E-state index in [1.54, 1.807) is 6.08 Å². The summed E-state index contributed by atoms with van der Waals surface area (Å²) in [6.45, 7) is 6.81. The molecule has 2 heteroatoms. The molecular weight excluding hydrogens is 248 g/mol. The van der Waals surface area contributed by atoms with Crippen LogP contribution in [0.15, 0.2) is 54.6 Å². The van der Waals surface area contributed by atoms with Crippen molar-refractivity contribution in [2.24, 2.45) is 17.8 Å². The molecule has 104 valence electrons. The minimum Gasteiger partial charge on any atom is -0.382 e. The quantitative estimate of drug-likeness (QED) is 0.836. The van der Waals surface area contributed by atoms with Crippen LogP contribution in [0.3, 0.4) is 0 Å². The second-order valence-electron chi connectivity index (χ2n) is 6.41. The zero-order valence-corrected chi connectivity index (χ0v) is 11.7. The third kappa shape index (κ3) is 1.36. The molecule has 1 saturated carbocycles. The molecule has 0 radical (unpaired) electrons. The summed E-state index contributed by atoms with van der Waals surface area (Å²) in [6.07, 6.45) is 3.85. The molecule has 3 aliphatic carbocycles. The summed E-state index contributed by atoms with van der Waals surface area (Å²) in [5, 5.41) is 11.1. The van der Waals surface area contributed by atoms with Crippen molar-refractivity contribution in [3.63, 3.8) is 0 Å². The normalized spacial score (nSPS) is 45.3. The number of hydrogen-bond donors (Lipinski definition) is 1. The highest BCUT2D eigenvalue weighted by Crippen LogP contribution is 2.60. The first-order chi connectivity index (χ1) is 9.66. The number of ether oxygens (including phenoxy) is 1. The highest BCUT2D eigenvalue weighted by atomic mass is 16.5. The van der Waals surface area contributed by atoms with Crippen LogP contribution in [0.2, 0.25) is 0 Å². The number of hydrogen-bond acceptors (Lipinski definition) is 2. The van der Waals surface area contributed by atoms with Crippen molar-refractivity contribution in [1.29, 1.82) is 0 Å². The lowest BCUT2D eigenvalue weighted by atomic mass is 9.52. The van der Waals surface area contributed by atoms with Gasteiger partial charge in [-0.2, -0.15) is 0 Å². The van der Waals surface area contributed by atoms with Gasteiger partial charge in [-0.25, -0.2) is 0 Å². The molecule has 6 atom stereocenters. The molecule has 1 heterocycles. The molecule has 2 nitrogen and oxygen atoms in total. The molecule has 1 aliphatic heterocycles. The van der Waals surface area contributed by atoms with Crippen molar-refractivity contribution in [3.05, 3.63) is 60.2 Å². The van der Waals surface area contributed by atoms with Crippen LogP contribution in [0.25, 0.3) is 0 Å². The Morgan fingerprint density at radius 2 is 2.05 bits per heavy atom. The van der Waals surface area contributed by atoms with E-state index in [0.29, 0.717) is 17.8 Å². The van der Waals surface area contributed by atoms with Crippen LogP contribution in [0.4, 0.5) is 0 Å². The topological polar surface area (TPSA) is 29.5 Å². The van der Waals surface area contributed by atoms with Gasteiger partial charge in [0.25, 0.3) is 0 Å². The third-order valence-corrected chi connectivity index (χ3v) is 5.57. The van der Waals surface area contributed by atoms with Crippen LogP contribution >= 0.6 is 0 Å². The van der Waals surface area contributed by atoms with E-state index >= 15 is 0 Å². The zero-order valence-electron chi connectivity index (χ0n) is 11.7. The molecule has 4 aliphatic rings. The lowest BCUT2D eigenvalue weighted by Gasteiger charge is -2.53. The molecule has 4 bridgehead atoms. The minimum absolute atomic E-state index is 0.0740. The summed E-state index contributed by atoms with van der Waals surface area (Å²) in [7, 11) is 0. The van der Waals surface area contributed by atoms with Gasteiger partial charge < -0.3 is 9.84 Å². The standard InChI is InChI=1S/C18H20O2/c1-3-18(19)14-9-11(2)15-13(10-20-17(15)18)16(14)12-7-5-4-6-8-12/h3-9,13-17,19H,1,10H2,2H3/t13-,14+,15-,16+,17+,18+/m0/s1. The van der Waals surface area contributed by atoms with E-state index in [4.69, 9.17) is 4.74 Å². The SMILES string of the molecule is C=C[C@@]1(O)[C@@H]2C=C(C)[C@H]3[C@H](CO[C@H]31)[C@H]2c1ccccc1. The molecule has 20 heavy (non-hydrogen) atoms. The lowest BCUT2D eigenvalue weighted by Crippen LogP contribution is -2.59. The fraction of sp³-hybridized carbons (Fsp3) is 0.444. The van der Waals surface area contributed by atoms with Crippen LogP contribution in [0.5, 0.6) is 0 Å². The van der Waals surface area contributed by atoms with Gasteiger partial charge in [0.2, 0.25) is 0 Å². The average molecular weight is 268 g/mol. The summed E-state index contributed by atoms with van der Waals surface area (Å²) in [4.78, 5) is 0. The lowest BCUT2D eigenvalue weighted by molar-refractivity contribution is -0.107. The van der Waals surface area contributed by atoms with Crippen molar-refractivity contribution < 1.29 is 9.84 Å². The van der Waals surface area contributed by atoms with Gasteiger partial charge in [0.1, 0.15) is 5.60 Å². The third-order valence-electron chi connectivity index (χ3n) is 5.57. The zero-order chi connectivity index (χ0) is 13.9. The second-order valence-corrected chi connectivity index (χ2v) is 6.41. The maximum Gasteiger partial charge on any atom is 0.116 e. The van der Waals surface area contributed by atoms with Crippen molar-refractivity contribution >= 4 is 0 Å². The summed E-state index contributed by atoms with van der Waals surface area (Å²) < 4.78 is 5.98. The van der Waals surface area contributed by atoms with Gasteiger partial charge in [-0.3, -0.25) is 0 Å². The monoisotopic (exact) mass is 268 g/mol. The van der Waals surface area contributed by atoms with E-state index in [1.807, 2.05) is 6.07 Å². The van der Waals surface area contributed by atoms with Gasteiger partial charge in [-0.15, -0.1) is 6.58 Å². The van der Waals surface area contributed by atoms with E-state index < -0.39 is 5.60 Å². The molecule has 1 saturated heterocycles. The highest BCUT2D eigenvalue weighted by molar-refractivity contribution is 5.39. The smallest absolute Gasteiger partial charge is 0.116 e. The first kappa shape index (κ1) is 12.4. The van der Waals surface area contributed by atoms with Crippen molar-refractivity contribution in [3.8, 4) is 0 Å². The van der Waals surface area contributed by atoms with Crippen molar-refractivity contribution in [1.82, 2.24) is 0 Å². The number of rotatable bonds is 2. The Kier molecular flexibility index (Phi) is 2.51. The van der Waals surface area contributed by atoms with E-state index in [0.717, 1.165) is 6.61 Å². The predicted molar refractivity (Wildman–Crippen MR) is 78.3 cm³/mol. The molecule has 1 aromatic carbocycles. The van der Waals surface area contributed by atoms with Gasteiger partial charge in [0.05, 0.1) is 12.7 Å². The summed E-state index contributed by atoms with van der Waals surface area (Å²) >= 11 is 0. The maximum absolute atomic E-state index is 11.1. The molecule has 1 aromatic rings. The van der Waals surface area contributed by atoms with E-state index in [1.165, 1.54) is 11.1 Å². The maximum atomic E-state index is 11.1. The fourth-order valence-corrected chi connectivity index (χ4v) is 4.73. The average Bonchev–Trinajstić information content (AvgIpc) is 2.89. The van der Waals surface area contributed by atoms with Crippen LogP contribution < -0.4 is 0 Å². The molecule has 0 amide bonds. The summed E-state index contributed by atoms with van der Waals surface area (Å²) in [5.41, 5.74) is 1.75. The van der Waals surface area contributed by atoms with Crippen molar-refractivity contribution in [2.45, 2.75) is 24.5 Å². The Hall–Kier alpha value is -1.38. The highest BCUT2D eigenvalue weighted by Gasteiger charge is 2.63. The minimum atomic E-state index is -0.933. The van der Waals surface area contributed by atoms with E-state index in [-0.39, 0.29) is 12.0 Å². The Morgan fingerprint density at radius 3 is 2.75 bits per heavy atom. The van der Waals surface area contributed by atoms with E-state index in [2.05, 4.69) is 43.8 Å². The van der Waals surface area contributed by atoms with Crippen molar-refractivity contribution in [2.75, 3.05) is 6.61 Å². The first-order valence-electron chi connectivity index (χ1n) is 7.37. The molecule has 0 spiro atoms. The predicted octanol–water partition coefficient (Wildman–Crippen LogP) is 2.91. The number of benzene rings is 1. The Balaban J connectivity index is 1.89. The van der Waals surface area contributed by atoms with Crippen LogP contribution in [0.1, 0.15) is 18.4 Å². The largest absolute Gasteiger partial charge is 0.382 e. The second kappa shape index (κ2) is 4.06. The molecular formula is C18H20O2. The Labute approximate surface area is 119 Å². The summed E-state index contributed by atoms with van der Waals surface area (Å²) in [6, 6.07) is 10.5. The fourth-order valence-electron chi connectivity index (χ4n) is 4.73. The Bertz CT molecular complexity index is 576. The molecule has 5 rings (SSSR count). The summed E-state index contributed by atoms with van der Waals surface area (Å²) in [5.74, 6) is 1.21. The first-order valence-corrected chi connectivity index (χ1v) is 7.37. The Morgan fingerprint density at radius 1 is 1.30 bits per heavy atom. The van der Waals surface area contributed by atoms with Gasteiger partial charge in [0.15, 0.2) is 0 Å². The van der Waals surface area contributed by atoms with E-state index in [9.17, 15) is 5.11 Å².